The van der Waals surface area contributed by atoms with E-state index in [1.54, 1.807) is 6.07 Å². The fourth-order valence-electron chi connectivity index (χ4n) is 1.36. The summed E-state index contributed by atoms with van der Waals surface area (Å²) >= 11 is 7.80. The Morgan fingerprint density at radius 2 is 2.25 bits per heavy atom. The average Bonchev–Trinajstić information content (AvgIpc) is 2.27. The predicted octanol–water partition coefficient (Wildman–Crippen LogP) is 3.71. The highest BCUT2D eigenvalue weighted by molar-refractivity contribution is 7.98. The summed E-state index contributed by atoms with van der Waals surface area (Å²) in [4.78, 5) is 0. The molecule has 1 nitrogen and oxygen atoms in total. The van der Waals surface area contributed by atoms with Crippen molar-refractivity contribution in [3.8, 4) is 0 Å². The lowest BCUT2D eigenvalue weighted by atomic mass is 10.2. The van der Waals surface area contributed by atoms with Crippen molar-refractivity contribution in [2.24, 2.45) is 0 Å². The van der Waals surface area contributed by atoms with Crippen molar-refractivity contribution in [3.05, 3.63) is 34.6 Å². The van der Waals surface area contributed by atoms with Crippen molar-refractivity contribution < 1.29 is 4.39 Å². The number of rotatable bonds is 6. The molecule has 1 aromatic rings. The van der Waals surface area contributed by atoms with Gasteiger partial charge in [0.25, 0.3) is 0 Å². The first-order valence-electron chi connectivity index (χ1n) is 5.29. The summed E-state index contributed by atoms with van der Waals surface area (Å²) in [6, 6.07) is 4.88. The Labute approximate surface area is 106 Å². The number of nitrogens with one attached hydrogen (secondary N) is 1. The van der Waals surface area contributed by atoms with Gasteiger partial charge in [0.05, 0.1) is 0 Å². The third-order valence-corrected chi connectivity index (χ3v) is 3.42. The fraction of sp³-hybridized carbons (Fsp3) is 0.500. The van der Waals surface area contributed by atoms with Crippen molar-refractivity contribution in [1.29, 1.82) is 0 Å². The van der Waals surface area contributed by atoms with Crippen molar-refractivity contribution in [3.63, 3.8) is 0 Å². The molecule has 0 aromatic heterocycles. The van der Waals surface area contributed by atoms with Gasteiger partial charge < -0.3 is 5.32 Å². The smallest absolute Gasteiger partial charge is 0.123 e. The van der Waals surface area contributed by atoms with Crippen molar-refractivity contribution >= 4 is 23.4 Å². The van der Waals surface area contributed by atoms with Gasteiger partial charge in [-0.15, -0.1) is 0 Å². The van der Waals surface area contributed by atoms with E-state index >= 15 is 0 Å². The molecule has 1 atom stereocenters. The summed E-state index contributed by atoms with van der Waals surface area (Å²) in [5, 5.41) is 3.95. The molecule has 0 saturated carbocycles. The van der Waals surface area contributed by atoms with Crippen molar-refractivity contribution in [1.82, 2.24) is 5.32 Å². The van der Waals surface area contributed by atoms with E-state index in [0.717, 1.165) is 17.7 Å². The van der Waals surface area contributed by atoms with E-state index in [1.807, 2.05) is 11.8 Å². The van der Waals surface area contributed by atoms with Gasteiger partial charge in [-0.2, -0.15) is 11.8 Å². The maximum Gasteiger partial charge on any atom is 0.123 e. The maximum atomic E-state index is 13.0. The molecule has 0 saturated heterocycles. The van der Waals surface area contributed by atoms with Crippen LogP contribution in [0.25, 0.3) is 0 Å². The van der Waals surface area contributed by atoms with Gasteiger partial charge in [0.1, 0.15) is 5.82 Å². The van der Waals surface area contributed by atoms with Crippen LogP contribution in [0.5, 0.6) is 0 Å². The fourth-order valence-corrected chi connectivity index (χ4v) is 2.13. The SMILES string of the molecule is CSCCC(C)NCc1cc(F)ccc1Cl. The minimum atomic E-state index is -0.238. The quantitative estimate of drug-likeness (QED) is 0.838. The summed E-state index contributed by atoms with van der Waals surface area (Å²) < 4.78 is 13.0. The topological polar surface area (TPSA) is 12.0 Å². The van der Waals surface area contributed by atoms with Crippen LogP contribution in [-0.4, -0.2) is 18.1 Å². The number of hydrogen-bond donors (Lipinski definition) is 1. The molecule has 0 aliphatic carbocycles. The zero-order chi connectivity index (χ0) is 12.0. The molecular weight excluding hydrogens is 245 g/mol. The van der Waals surface area contributed by atoms with Crippen LogP contribution in [0.1, 0.15) is 18.9 Å². The molecule has 4 heteroatoms. The molecule has 0 amide bonds. The van der Waals surface area contributed by atoms with E-state index in [9.17, 15) is 4.39 Å². The Morgan fingerprint density at radius 3 is 2.94 bits per heavy atom. The normalized spacial score (nSPS) is 12.8. The lowest BCUT2D eigenvalue weighted by Crippen LogP contribution is -2.26. The van der Waals surface area contributed by atoms with Crippen LogP contribution in [-0.2, 0) is 6.54 Å². The molecule has 1 unspecified atom stereocenters. The average molecular weight is 262 g/mol. The van der Waals surface area contributed by atoms with Gasteiger partial charge in [0.15, 0.2) is 0 Å². The second kappa shape index (κ2) is 7.15. The van der Waals surface area contributed by atoms with E-state index in [4.69, 9.17) is 11.6 Å². The van der Waals surface area contributed by atoms with Gasteiger partial charge in [0.2, 0.25) is 0 Å². The predicted molar refractivity (Wildman–Crippen MR) is 70.7 cm³/mol. The number of hydrogen-bond acceptors (Lipinski definition) is 2. The van der Waals surface area contributed by atoms with Gasteiger partial charge in [-0.1, -0.05) is 11.6 Å². The van der Waals surface area contributed by atoms with Gasteiger partial charge in [-0.25, -0.2) is 4.39 Å². The van der Waals surface area contributed by atoms with Crippen LogP contribution in [0.2, 0.25) is 5.02 Å². The second-order valence-corrected chi connectivity index (χ2v) is 5.19. The Balaban J connectivity index is 2.44. The van der Waals surface area contributed by atoms with Crippen LogP contribution in [0.3, 0.4) is 0 Å². The molecule has 1 aromatic carbocycles. The Kier molecular flexibility index (Phi) is 6.17. The first-order valence-corrected chi connectivity index (χ1v) is 7.07. The van der Waals surface area contributed by atoms with E-state index < -0.39 is 0 Å². The number of halogens is 2. The van der Waals surface area contributed by atoms with Crippen LogP contribution in [0.4, 0.5) is 4.39 Å². The molecule has 0 aliphatic rings. The van der Waals surface area contributed by atoms with Gasteiger partial charge in [-0.3, -0.25) is 0 Å². The summed E-state index contributed by atoms with van der Waals surface area (Å²) in [5.74, 6) is 0.892. The van der Waals surface area contributed by atoms with E-state index in [2.05, 4.69) is 18.5 Å². The molecule has 90 valence electrons. The van der Waals surface area contributed by atoms with E-state index in [1.165, 1.54) is 12.1 Å². The number of benzene rings is 1. The standard InChI is InChI=1S/C12H17ClFNS/c1-9(5-6-16-2)15-8-10-7-11(14)3-4-12(10)13/h3-4,7,9,15H,5-6,8H2,1-2H3. The van der Waals surface area contributed by atoms with E-state index in [-0.39, 0.29) is 5.82 Å². The highest BCUT2D eigenvalue weighted by atomic mass is 35.5. The van der Waals surface area contributed by atoms with Crippen LogP contribution in [0.15, 0.2) is 18.2 Å². The third kappa shape index (κ3) is 4.73. The van der Waals surface area contributed by atoms with E-state index in [0.29, 0.717) is 17.6 Å². The maximum absolute atomic E-state index is 13.0. The first kappa shape index (κ1) is 13.8. The largest absolute Gasteiger partial charge is 0.310 e. The summed E-state index contributed by atoms with van der Waals surface area (Å²) in [7, 11) is 0. The molecule has 0 fully saturated rings. The molecule has 1 N–H and O–H groups in total. The second-order valence-electron chi connectivity index (χ2n) is 3.80. The lowest BCUT2D eigenvalue weighted by Gasteiger charge is -2.13. The third-order valence-electron chi connectivity index (χ3n) is 2.40. The van der Waals surface area contributed by atoms with Crippen molar-refractivity contribution in [2.75, 3.05) is 12.0 Å². The zero-order valence-electron chi connectivity index (χ0n) is 9.59. The zero-order valence-corrected chi connectivity index (χ0v) is 11.2. The minimum absolute atomic E-state index is 0.238. The minimum Gasteiger partial charge on any atom is -0.310 e. The summed E-state index contributed by atoms with van der Waals surface area (Å²) in [6.45, 7) is 2.75. The molecule has 0 radical (unpaired) electrons. The lowest BCUT2D eigenvalue weighted by molar-refractivity contribution is 0.535. The monoisotopic (exact) mass is 261 g/mol. The van der Waals surface area contributed by atoms with Crippen LogP contribution in [0, 0.1) is 5.82 Å². The molecule has 0 aliphatic heterocycles. The highest BCUT2D eigenvalue weighted by Gasteiger charge is 2.05. The molecule has 0 heterocycles. The molecule has 1 rings (SSSR count). The first-order chi connectivity index (χ1) is 7.63. The molecule has 16 heavy (non-hydrogen) atoms. The Bertz CT molecular complexity index is 333. The summed E-state index contributed by atoms with van der Waals surface area (Å²) in [6.07, 6.45) is 3.20. The highest BCUT2D eigenvalue weighted by Crippen LogP contribution is 2.17. The number of thioether (sulfide) groups is 1. The van der Waals surface area contributed by atoms with Gasteiger partial charge in [0, 0.05) is 17.6 Å². The van der Waals surface area contributed by atoms with Gasteiger partial charge >= 0.3 is 0 Å². The van der Waals surface area contributed by atoms with Crippen LogP contribution < -0.4 is 5.32 Å². The van der Waals surface area contributed by atoms with Crippen molar-refractivity contribution in [2.45, 2.75) is 25.9 Å². The molecule has 0 spiro atoms. The van der Waals surface area contributed by atoms with Crippen LogP contribution >= 0.6 is 23.4 Å². The molecular formula is C12H17ClFNS. The van der Waals surface area contributed by atoms with Gasteiger partial charge in [-0.05, 0) is 49.1 Å². The Hall–Kier alpha value is -0.250. The molecule has 0 bridgehead atoms. The Morgan fingerprint density at radius 1 is 1.50 bits per heavy atom. The summed E-state index contributed by atoms with van der Waals surface area (Å²) in [5.41, 5.74) is 0.817.